The van der Waals surface area contributed by atoms with Gasteiger partial charge in [0.05, 0.1) is 107 Å². The van der Waals surface area contributed by atoms with Crippen LogP contribution in [0.1, 0.15) is 150 Å². The second-order valence-corrected chi connectivity index (χ2v) is 38.3. The van der Waals surface area contributed by atoms with Crippen molar-refractivity contribution < 1.29 is 36.2 Å². The van der Waals surface area contributed by atoms with Gasteiger partial charge in [0.25, 0.3) is 0 Å². The number of hydrogen-bond acceptors (Lipinski definition) is 25. The number of fused-ring (bicyclic) bond motifs is 4. The molecule has 0 amide bonds. The molecule has 4 atom stereocenters. The number of alkyl halides is 2. The number of nitrogens with one attached hydrogen (secondary N) is 4. The molecule has 0 spiro atoms. The van der Waals surface area contributed by atoms with Gasteiger partial charge in [0, 0.05) is 192 Å². The van der Waals surface area contributed by atoms with Crippen molar-refractivity contribution in [3.05, 3.63) is 329 Å². The molecule has 24 rings (SSSR count). The van der Waals surface area contributed by atoms with Crippen LogP contribution in [0.2, 0.25) is 0 Å². The van der Waals surface area contributed by atoms with Gasteiger partial charge in [0.1, 0.15) is 46.0 Å². The Morgan fingerprint density at radius 2 is 0.682 bits per heavy atom. The monoisotopic (exact) mass is 1990 g/mol. The van der Waals surface area contributed by atoms with Gasteiger partial charge in [-0.15, -0.1) is 20.4 Å². The molecule has 20 aromatic rings. The van der Waals surface area contributed by atoms with Crippen molar-refractivity contribution in [1.29, 1.82) is 0 Å². The normalized spacial score (nSPS) is 16.5. The number of H-pyrrole nitrogens is 4. The van der Waals surface area contributed by atoms with E-state index in [-0.39, 0.29) is 41.4 Å². The predicted octanol–water partition coefficient (Wildman–Crippen LogP) is 19.8. The first-order valence-electron chi connectivity index (χ1n) is 49.6. The van der Waals surface area contributed by atoms with Crippen molar-refractivity contribution in [3.63, 3.8) is 0 Å². The Morgan fingerprint density at radius 1 is 0.351 bits per heavy atom. The number of methoxy groups -OCH3 is 2. The van der Waals surface area contributed by atoms with E-state index in [1.165, 1.54) is 61.6 Å². The number of hydrogen-bond donors (Lipinski definition) is 4. The largest absolute Gasteiger partial charge is 0.467 e. The molecule has 4 N–H and O–H groups in total. The summed E-state index contributed by atoms with van der Waals surface area (Å²) in [7, 11) is 3.05. The highest BCUT2D eigenvalue weighted by Crippen LogP contribution is 2.39. The van der Waals surface area contributed by atoms with E-state index in [2.05, 4.69) is 200 Å². The maximum absolute atomic E-state index is 14.2. The number of para-hydroxylation sites is 1. The summed E-state index contributed by atoms with van der Waals surface area (Å²) < 4.78 is 91.8. The van der Waals surface area contributed by atoms with Crippen LogP contribution in [0.3, 0.4) is 0 Å². The van der Waals surface area contributed by atoms with E-state index in [4.69, 9.17) is 14.2 Å². The van der Waals surface area contributed by atoms with E-state index in [1.54, 1.807) is 63.2 Å². The number of pyridine rings is 2. The number of piperidine rings is 4. The van der Waals surface area contributed by atoms with Crippen molar-refractivity contribution in [3.8, 4) is 85.5 Å². The lowest BCUT2D eigenvalue weighted by molar-refractivity contribution is -0.159. The molecule has 0 saturated carbocycles. The number of rotatable bonds is 24. The molecule has 4 saturated heterocycles. The minimum absolute atomic E-state index is 0.110. The summed E-state index contributed by atoms with van der Waals surface area (Å²) in [5.41, 5.74) is 25.7. The molecule has 33 nitrogen and oxygen atoms in total. The van der Waals surface area contributed by atoms with Crippen molar-refractivity contribution in [1.82, 2.24) is 150 Å². The van der Waals surface area contributed by atoms with E-state index < -0.39 is 17.7 Å². The average molecular weight is 1990 g/mol. The summed E-state index contributed by atoms with van der Waals surface area (Å²) >= 11 is 0. The van der Waals surface area contributed by atoms with Gasteiger partial charge in [-0.2, -0.15) is 29.2 Å². The van der Waals surface area contributed by atoms with E-state index in [9.17, 15) is 22.0 Å². The number of aryl methyl sites for hydroxylation is 4. The molecular weight excluding hydrogens is 1880 g/mol. The lowest BCUT2D eigenvalue weighted by atomic mass is 9.94. The van der Waals surface area contributed by atoms with E-state index in [0.29, 0.717) is 37.6 Å². The fourth-order valence-corrected chi connectivity index (χ4v) is 20.3. The van der Waals surface area contributed by atoms with Crippen LogP contribution in [0.15, 0.2) is 244 Å². The summed E-state index contributed by atoms with van der Waals surface area (Å²) in [5, 5.41) is 70.1. The van der Waals surface area contributed by atoms with Gasteiger partial charge in [-0.3, -0.25) is 50.0 Å². The predicted molar refractivity (Wildman–Crippen MR) is 551 cm³/mol. The number of halogens is 5. The third-order valence-corrected chi connectivity index (χ3v) is 28.0. The molecule has 12 aromatic heterocycles. The van der Waals surface area contributed by atoms with Gasteiger partial charge in [0.15, 0.2) is 0 Å². The van der Waals surface area contributed by atoms with Crippen LogP contribution >= 0.6 is 0 Å². The molecule has 4 fully saturated rings. The first-order valence-corrected chi connectivity index (χ1v) is 49.6. The van der Waals surface area contributed by atoms with E-state index in [0.717, 1.165) is 261 Å². The van der Waals surface area contributed by atoms with Crippen LogP contribution in [0.5, 0.6) is 17.8 Å². The second kappa shape index (κ2) is 43.5. The summed E-state index contributed by atoms with van der Waals surface area (Å²) in [5.74, 6) is 0.0123. The standard InChI is InChI=1S/C29H29F2N7O.C29H31N7.C26H24F2N8O.C26H25FN8O/c1-19-14-20(11-12-32-19)28-24-15-23(9-10-25(24)33-35-28)38-18-26(34-36-38)21-7-5-13-37(16-21)17-22-6-3-4-8-27(22)39-29(2,30)31;1-19-6-4-7-20(2)26(19)17-35-13-5-8-23(16-35)28-18-36(34-32-28)24-9-10-27-25(15-24)29(33-31-27)22-11-12-30-21(3)14-22;1-37-26-29-11-17(12-30-26)25-19-10-18(7-8-23(19)31-33-25)36-15-24(32-34-36)16-4-3-9-35(13-16)14-20-21(27)5-2-6-22(20)28;1-36-26-28-12-19(13-29-26)25-21-11-20(8-9-23(21)30-32-25)35-16-24(31-33-35)18-6-4-10-34(15-18)14-17-5-2-3-7-22(17)27/h3-4,6,8-12,14-15,18,21H,5,7,13,16-17H2,1-2H3,(H,33,35);4,6-7,9-12,14-15,18,23H,5,8,13,16-17H2,1-3H3,(H,31,33);2,5-8,10-12,15-16H,3-4,9,13-14H2,1H3,(H,31,33);2-3,5,7-9,11-13,16,18H,4,6,10,14-15H2,1H3,(H,30,32)/t21-;23-;16-;18-/m1111/s1. The molecule has 0 aliphatic carbocycles. The summed E-state index contributed by atoms with van der Waals surface area (Å²) in [6, 6.07) is 57.4. The first-order chi connectivity index (χ1) is 72.1. The van der Waals surface area contributed by atoms with Crippen LogP contribution in [0.4, 0.5) is 22.0 Å². The highest BCUT2D eigenvalue weighted by Gasteiger charge is 2.33. The number of nitrogens with zero attached hydrogens (tertiary/aromatic N) is 26. The molecule has 0 radical (unpaired) electrons. The van der Waals surface area contributed by atoms with Crippen LogP contribution in [-0.4, -0.2) is 223 Å². The lowest BCUT2D eigenvalue weighted by Gasteiger charge is -2.32. The number of ether oxygens (including phenoxy) is 3. The highest BCUT2D eigenvalue weighted by molar-refractivity contribution is 5.97. The average Bonchev–Trinajstić information content (AvgIpc) is 1.64. The Morgan fingerprint density at radius 3 is 1.05 bits per heavy atom. The molecule has 16 heterocycles. The zero-order chi connectivity index (χ0) is 101. The first kappa shape index (κ1) is 97.6. The minimum Gasteiger partial charge on any atom is -0.467 e. The van der Waals surface area contributed by atoms with Gasteiger partial charge < -0.3 is 14.2 Å². The Hall–Kier alpha value is -16.5. The Balaban J connectivity index is 0.000000116. The third kappa shape index (κ3) is 22.2. The molecule has 148 heavy (non-hydrogen) atoms. The molecule has 8 aromatic carbocycles. The van der Waals surface area contributed by atoms with Crippen LogP contribution in [0, 0.1) is 45.1 Å². The van der Waals surface area contributed by atoms with Crippen LogP contribution in [-0.2, 0) is 26.2 Å². The van der Waals surface area contributed by atoms with E-state index in [1.807, 2.05) is 134 Å². The van der Waals surface area contributed by atoms with Crippen LogP contribution in [0.25, 0.3) is 111 Å². The fraction of sp³-hybridized carbons (Fsp3) is 0.291. The number of aromatic amines is 4. The van der Waals surface area contributed by atoms with Crippen molar-refractivity contribution in [2.24, 2.45) is 0 Å². The third-order valence-electron chi connectivity index (χ3n) is 28.0. The molecule has 0 unspecified atom stereocenters. The number of aromatic nitrogens is 26. The van der Waals surface area contributed by atoms with Gasteiger partial charge in [-0.25, -0.2) is 51.8 Å². The molecule has 4 aliphatic heterocycles. The van der Waals surface area contributed by atoms with Crippen molar-refractivity contribution in [2.75, 3.05) is 66.6 Å². The Labute approximate surface area is 848 Å². The van der Waals surface area contributed by atoms with Crippen molar-refractivity contribution >= 4 is 43.6 Å². The van der Waals surface area contributed by atoms with Gasteiger partial charge in [-0.1, -0.05) is 81.5 Å². The van der Waals surface area contributed by atoms with Crippen molar-refractivity contribution in [2.45, 2.75) is 142 Å². The fourth-order valence-electron chi connectivity index (χ4n) is 20.3. The Kier molecular flexibility index (Phi) is 28.7. The molecule has 752 valence electrons. The van der Waals surface area contributed by atoms with Gasteiger partial charge in [-0.05, 0) is 243 Å². The molecule has 0 bridgehead atoms. The van der Waals surface area contributed by atoms with Gasteiger partial charge in [0.2, 0.25) is 0 Å². The molecule has 38 heteroatoms. The molecular formula is C110H109F5N30O3. The maximum Gasteiger partial charge on any atom is 0.394 e. The highest BCUT2D eigenvalue weighted by atomic mass is 19.3. The second-order valence-electron chi connectivity index (χ2n) is 38.3. The van der Waals surface area contributed by atoms with Crippen LogP contribution < -0.4 is 14.2 Å². The lowest BCUT2D eigenvalue weighted by Crippen LogP contribution is -2.34. The smallest absolute Gasteiger partial charge is 0.394 e. The summed E-state index contributed by atoms with van der Waals surface area (Å²) in [4.78, 5) is 34.6. The van der Waals surface area contributed by atoms with E-state index >= 15 is 0 Å². The SMILES string of the molecule is COc1ncc(-c2n[nH]c3ccc(-n4cc([C@@H]5CCCN(Cc6c(F)cccc6F)C5)nn4)cc23)cn1.COc1ncc(-c2n[nH]c3ccc(-n4cc([C@@H]5CCCN(Cc6ccccc6F)C5)nn4)cc23)cn1.Cc1cc(-c2n[nH]c3ccc(-n4cc([C@@H]5CCCN(Cc6c(C)cccc6C)C5)nn4)cc23)ccn1.Cc1cc(-c2n[nH]c3ccc(-n4cc([C@@H]5CCCN(Cc6ccccc6OC(C)(F)F)C5)nn4)cc23)ccn1. The quantitative estimate of drug-likeness (QED) is 0.0408. The Bertz CT molecular complexity index is 8010. The number of benzene rings is 8. The zero-order valence-electron chi connectivity index (χ0n) is 82.8. The maximum atomic E-state index is 14.2. The topological polar surface area (TPSA) is 356 Å². The van der Waals surface area contributed by atoms with Gasteiger partial charge >= 0.3 is 18.1 Å². The minimum atomic E-state index is -3.23. The summed E-state index contributed by atoms with van der Waals surface area (Å²) in [6.45, 7) is 18.5. The summed E-state index contributed by atoms with van der Waals surface area (Å²) in [6.07, 6.45) is 23.4. The zero-order valence-corrected chi connectivity index (χ0v) is 82.8. The number of likely N-dealkylation sites (tertiary alicyclic amines) is 4. The molecule has 4 aliphatic rings.